The van der Waals surface area contributed by atoms with Crippen molar-refractivity contribution in [2.24, 2.45) is 22.7 Å². The van der Waals surface area contributed by atoms with E-state index in [9.17, 15) is 9.59 Å². The number of esters is 2. The zero-order valence-corrected chi connectivity index (χ0v) is 14.9. The Bertz CT molecular complexity index is 641. The number of hydrogen-bond donors (Lipinski definition) is 0. The molecule has 0 aromatic carbocycles. The van der Waals surface area contributed by atoms with Gasteiger partial charge >= 0.3 is 11.9 Å². The number of alkyl halides is 2. The van der Waals surface area contributed by atoms with Crippen molar-refractivity contribution >= 4 is 35.1 Å². The van der Waals surface area contributed by atoms with E-state index in [-0.39, 0.29) is 17.8 Å². The summed E-state index contributed by atoms with van der Waals surface area (Å²) in [6.45, 7) is 5.67. The summed E-state index contributed by atoms with van der Waals surface area (Å²) >= 11 is 12.8. The van der Waals surface area contributed by atoms with Gasteiger partial charge in [0, 0.05) is 17.3 Å². The minimum absolute atomic E-state index is 0.0223. The minimum Gasteiger partial charge on any atom is -0.456 e. The SMILES string of the molecule is CC1(C)[C@@]2(C)CC[C@]1(C(=O)O[C@H]1[C@H]3CC=C[C@H]3C1(Cl)Cl)OC2=O. The highest BCUT2D eigenvalue weighted by atomic mass is 35.5. The second-order valence-corrected chi connectivity index (χ2v) is 9.47. The summed E-state index contributed by atoms with van der Waals surface area (Å²) in [5.41, 5.74) is -2.49. The van der Waals surface area contributed by atoms with Gasteiger partial charge in [-0.15, -0.1) is 0 Å². The van der Waals surface area contributed by atoms with Gasteiger partial charge in [0.25, 0.3) is 0 Å². The molecule has 23 heavy (non-hydrogen) atoms. The Kier molecular flexibility index (Phi) is 2.92. The Morgan fingerprint density at radius 3 is 2.57 bits per heavy atom. The topological polar surface area (TPSA) is 52.6 Å². The maximum absolute atomic E-state index is 13.0. The fourth-order valence-corrected chi connectivity index (χ4v) is 5.71. The van der Waals surface area contributed by atoms with Gasteiger partial charge in [0.15, 0.2) is 4.33 Å². The van der Waals surface area contributed by atoms with Crippen LogP contribution >= 0.6 is 23.2 Å². The summed E-state index contributed by atoms with van der Waals surface area (Å²) in [7, 11) is 0. The third-order valence-corrected chi connectivity index (χ3v) is 8.01. The summed E-state index contributed by atoms with van der Waals surface area (Å²) in [4.78, 5) is 25.2. The maximum atomic E-state index is 13.0. The number of hydrogen-bond acceptors (Lipinski definition) is 4. The summed E-state index contributed by atoms with van der Waals surface area (Å²) in [5, 5.41) is 0. The van der Waals surface area contributed by atoms with E-state index < -0.39 is 32.8 Å². The van der Waals surface area contributed by atoms with E-state index in [1.165, 1.54) is 0 Å². The van der Waals surface area contributed by atoms with E-state index in [2.05, 4.69) is 0 Å². The average Bonchev–Trinajstić information content (AvgIpc) is 3.05. The van der Waals surface area contributed by atoms with E-state index in [0.29, 0.717) is 12.8 Å². The predicted octanol–water partition coefficient (Wildman–Crippen LogP) is 3.40. The van der Waals surface area contributed by atoms with E-state index in [0.717, 1.165) is 6.42 Å². The summed E-state index contributed by atoms with van der Waals surface area (Å²) in [6, 6.07) is 0. The molecule has 0 aromatic heterocycles. The fourth-order valence-electron chi connectivity index (χ4n) is 4.83. The van der Waals surface area contributed by atoms with Gasteiger partial charge in [0.05, 0.1) is 5.41 Å². The van der Waals surface area contributed by atoms with Crippen LogP contribution in [0.1, 0.15) is 40.0 Å². The van der Waals surface area contributed by atoms with Crippen molar-refractivity contribution in [2.45, 2.75) is 56.1 Å². The lowest BCUT2D eigenvalue weighted by Gasteiger charge is -2.51. The van der Waals surface area contributed by atoms with Crippen LogP contribution in [0.5, 0.6) is 0 Å². The van der Waals surface area contributed by atoms with Crippen LogP contribution < -0.4 is 0 Å². The molecule has 0 spiro atoms. The molecule has 0 aromatic rings. The van der Waals surface area contributed by atoms with Crippen molar-refractivity contribution < 1.29 is 19.1 Å². The molecule has 0 amide bonds. The molecule has 126 valence electrons. The smallest absolute Gasteiger partial charge is 0.351 e. The molecule has 0 unspecified atom stereocenters. The Hall–Kier alpha value is -0.740. The highest BCUT2D eigenvalue weighted by Crippen LogP contribution is 2.66. The zero-order chi connectivity index (χ0) is 16.8. The quantitative estimate of drug-likeness (QED) is 0.431. The van der Waals surface area contributed by atoms with Crippen LogP contribution in [0.4, 0.5) is 0 Å². The monoisotopic (exact) mass is 358 g/mol. The van der Waals surface area contributed by atoms with Gasteiger partial charge in [-0.3, -0.25) is 4.79 Å². The van der Waals surface area contributed by atoms with Gasteiger partial charge in [-0.2, -0.15) is 0 Å². The molecule has 3 aliphatic carbocycles. The number of allylic oxidation sites excluding steroid dienone is 2. The van der Waals surface area contributed by atoms with Crippen LogP contribution in [-0.4, -0.2) is 28.0 Å². The van der Waals surface area contributed by atoms with Gasteiger partial charge < -0.3 is 9.47 Å². The molecule has 1 heterocycles. The lowest BCUT2D eigenvalue weighted by atomic mass is 9.66. The summed E-state index contributed by atoms with van der Waals surface area (Å²) in [5.74, 6) is -0.673. The van der Waals surface area contributed by atoms with E-state index >= 15 is 0 Å². The van der Waals surface area contributed by atoms with Gasteiger partial charge in [-0.25, -0.2) is 4.79 Å². The van der Waals surface area contributed by atoms with Crippen LogP contribution in [0, 0.1) is 22.7 Å². The van der Waals surface area contributed by atoms with Crippen LogP contribution in [-0.2, 0) is 19.1 Å². The first-order valence-electron chi connectivity index (χ1n) is 8.07. The number of rotatable bonds is 2. The molecular formula is C17H20Cl2O4. The Balaban J connectivity index is 1.60. The average molecular weight is 359 g/mol. The highest BCUT2D eigenvalue weighted by Gasteiger charge is 2.77. The number of halogens is 2. The lowest BCUT2D eigenvalue weighted by molar-refractivity contribution is -0.196. The molecule has 1 aliphatic heterocycles. The standard InChI is InChI=1S/C17H20Cl2O4/c1-14(2)15(3)7-8-16(14,23-12(15)20)13(21)22-11-9-5-4-6-10(9)17(11,18)19/h4,6,9-11H,5,7-8H2,1-3H3/t9-,10+,11-,15-,16+/m0/s1. The second-order valence-electron chi connectivity index (χ2n) is 8.03. The first-order chi connectivity index (χ1) is 10.6. The second kappa shape index (κ2) is 4.26. The maximum Gasteiger partial charge on any atom is 0.351 e. The van der Waals surface area contributed by atoms with Crippen molar-refractivity contribution in [3.8, 4) is 0 Å². The Morgan fingerprint density at radius 1 is 1.30 bits per heavy atom. The molecule has 2 bridgehead atoms. The third kappa shape index (κ3) is 1.55. The first-order valence-corrected chi connectivity index (χ1v) is 8.82. The molecule has 0 radical (unpaired) electrons. The van der Waals surface area contributed by atoms with Gasteiger partial charge in [-0.05, 0) is 26.2 Å². The molecule has 3 fully saturated rings. The molecule has 4 nitrogen and oxygen atoms in total. The zero-order valence-electron chi connectivity index (χ0n) is 13.4. The van der Waals surface area contributed by atoms with Gasteiger partial charge in [-0.1, -0.05) is 49.2 Å². The number of carbonyl (C=O) groups excluding carboxylic acids is 2. The van der Waals surface area contributed by atoms with Crippen LogP contribution in [0.15, 0.2) is 12.2 Å². The largest absolute Gasteiger partial charge is 0.456 e. The number of fused-ring (bicyclic) bond motifs is 3. The molecule has 6 heteroatoms. The third-order valence-electron chi connectivity index (χ3n) is 7.07. The van der Waals surface area contributed by atoms with E-state index in [1.54, 1.807) is 0 Å². The molecular weight excluding hydrogens is 339 g/mol. The lowest BCUT2D eigenvalue weighted by Crippen LogP contribution is -2.61. The number of ether oxygens (including phenoxy) is 2. The molecule has 2 saturated carbocycles. The van der Waals surface area contributed by atoms with Gasteiger partial charge in [0.2, 0.25) is 5.60 Å². The Morgan fingerprint density at radius 2 is 2.00 bits per heavy atom. The molecule has 0 N–H and O–H groups in total. The van der Waals surface area contributed by atoms with Crippen molar-refractivity contribution in [3.05, 3.63) is 12.2 Å². The van der Waals surface area contributed by atoms with Crippen molar-refractivity contribution in [1.82, 2.24) is 0 Å². The Labute approximate surface area is 145 Å². The van der Waals surface area contributed by atoms with Crippen molar-refractivity contribution in [1.29, 1.82) is 0 Å². The molecule has 4 rings (SSSR count). The molecule has 4 aliphatic rings. The summed E-state index contributed by atoms with van der Waals surface area (Å²) < 4.78 is 10.2. The fraction of sp³-hybridized carbons (Fsp3) is 0.765. The van der Waals surface area contributed by atoms with Crippen molar-refractivity contribution in [3.63, 3.8) is 0 Å². The van der Waals surface area contributed by atoms with E-state index in [1.807, 2.05) is 32.9 Å². The predicted molar refractivity (Wildman–Crippen MR) is 85.0 cm³/mol. The first kappa shape index (κ1) is 15.8. The highest BCUT2D eigenvalue weighted by molar-refractivity contribution is 6.50. The normalized spacial score (nSPS) is 47.9. The van der Waals surface area contributed by atoms with Crippen LogP contribution in [0.25, 0.3) is 0 Å². The van der Waals surface area contributed by atoms with Crippen LogP contribution in [0.3, 0.4) is 0 Å². The van der Waals surface area contributed by atoms with Crippen LogP contribution in [0.2, 0.25) is 0 Å². The van der Waals surface area contributed by atoms with E-state index in [4.69, 9.17) is 32.7 Å². The number of carbonyl (C=O) groups is 2. The summed E-state index contributed by atoms with van der Waals surface area (Å²) in [6.07, 6.45) is 5.36. The molecule has 5 atom stereocenters. The van der Waals surface area contributed by atoms with Crippen molar-refractivity contribution in [2.75, 3.05) is 0 Å². The minimum atomic E-state index is -1.22. The molecule has 1 saturated heterocycles. The van der Waals surface area contributed by atoms with Gasteiger partial charge in [0.1, 0.15) is 6.10 Å².